The zero-order chi connectivity index (χ0) is 13.8. The van der Waals surface area contributed by atoms with Gasteiger partial charge in [-0.2, -0.15) is 0 Å². The van der Waals surface area contributed by atoms with Crippen LogP contribution in [0.3, 0.4) is 0 Å². The minimum atomic E-state index is -1.08. The number of benzene rings is 1. The lowest BCUT2D eigenvalue weighted by Gasteiger charge is -2.19. The van der Waals surface area contributed by atoms with Crippen LogP contribution >= 0.6 is 23.2 Å². The Morgan fingerprint density at radius 2 is 1.79 bits per heavy atom. The second-order valence-corrected chi connectivity index (χ2v) is 5.64. The van der Waals surface area contributed by atoms with E-state index in [9.17, 15) is 9.90 Å². The highest BCUT2D eigenvalue weighted by molar-refractivity contribution is 6.36. The number of hydrogen-bond donors (Lipinski definition) is 1. The fourth-order valence-corrected chi connectivity index (χ4v) is 2.90. The summed E-state index contributed by atoms with van der Waals surface area (Å²) in [5, 5.41) is 9.76. The van der Waals surface area contributed by atoms with Crippen LogP contribution < -0.4 is 4.74 Å². The lowest BCUT2D eigenvalue weighted by Crippen LogP contribution is -2.17. The highest BCUT2D eigenvalue weighted by Crippen LogP contribution is 2.35. The maximum atomic E-state index is 11.2. The summed E-state index contributed by atoms with van der Waals surface area (Å²) >= 11 is 11.9. The minimum Gasteiger partial charge on any atom is -0.488 e. The van der Waals surface area contributed by atoms with Crippen molar-refractivity contribution in [2.24, 2.45) is 0 Å². The molecule has 0 heterocycles. The summed E-state index contributed by atoms with van der Waals surface area (Å²) in [6, 6.07) is 2.89. The number of carbonyl (C=O) groups is 1. The Balaban J connectivity index is 2.25. The molecular weight excluding hydrogens is 287 g/mol. The second kappa shape index (κ2) is 6.49. The van der Waals surface area contributed by atoms with Gasteiger partial charge in [0.1, 0.15) is 5.56 Å². The Hall–Kier alpha value is -0.930. The molecule has 0 aromatic heterocycles. The summed E-state index contributed by atoms with van der Waals surface area (Å²) in [7, 11) is 0. The van der Waals surface area contributed by atoms with E-state index in [4.69, 9.17) is 27.9 Å². The molecular formula is C14H16Cl2O3. The van der Waals surface area contributed by atoms with E-state index >= 15 is 0 Å². The van der Waals surface area contributed by atoms with Crippen LogP contribution in [0, 0.1) is 0 Å². The fraction of sp³-hybridized carbons (Fsp3) is 0.500. The molecule has 0 amide bonds. The molecule has 1 N–H and O–H groups in total. The Morgan fingerprint density at radius 3 is 2.37 bits per heavy atom. The Kier molecular flexibility index (Phi) is 4.94. The first-order valence-electron chi connectivity index (χ1n) is 6.47. The Bertz CT molecular complexity index is 466. The number of aromatic carboxylic acids is 1. The lowest BCUT2D eigenvalue weighted by molar-refractivity contribution is 0.0688. The summed E-state index contributed by atoms with van der Waals surface area (Å²) in [6.07, 6.45) is 6.56. The standard InChI is InChI=1S/C14H16Cl2O3/c15-9-7-11(14(17)18)13(12(16)8-9)19-10-5-3-1-2-4-6-10/h7-8,10H,1-6H2,(H,17,18). The normalized spacial score (nSPS) is 16.9. The number of carboxylic acids is 1. The molecule has 2 rings (SSSR count). The van der Waals surface area contributed by atoms with Gasteiger partial charge in [0.15, 0.2) is 5.75 Å². The van der Waals surface area contributed by atoms with E-state index in [1.54, 1.807) is 0 Å². The maximum absolute atomic E-state index is 11.2. The Morgan fingerprint density at radius 1 is 1.16 bits per heavy atom. The third kappa shape index (κ3) is 3.77. The number of ether oxygens (including phenoxy) is 1. The van der Waals surface area contributed by atoms with Crippen molar-refractivity contribution in [2.75, 3.05) is 0 Å². The SMILES string of the molecule is O=C(O)c1cc(Cl)cc(Cl)c1OC1CCCCCC1. The van der Waals surface area contributed by atoms with Crippen LogP contribution in [0.15, 0.2) is 12.1 Å². The van der Waals surface area contributed by atoms with E-state index in [1.807, 2.05) is 0 Å². The molecule has 0 saturated heterocycles. The quantitative estimate of drug-likeness (QED) is 0.816. The van der Waals surface area contributed by atoms with Gasteiger partial charge in [-0.3, -0.25) is 0 Å². The molecule has 104 valence electrons. The van der Waals surface area contributed by atoms with Gasteiger partial charge >= 0.3 is 5.97 Å². The molecule has 1 saturated carbocycles. The maximum Gasteiger partial charge on any atom is 0.339 e. The summed E-state index contributed by atoms with van der Waals surface area (Å²) in [5.41, 5.74) is 0.0294. The van der Waals surface area contributed by atoms with E-state index in [-0.39, 0.29) is 22.4 Å². The van der Waals surface area contributed by atoms with Crippen LogP contribution in [0.5, 0.6) is 5.75 Å². The van der Waals surface area contributed by atoms with Gasteiger partial charge in [-0.15, -0.1) is 0 Å². The largest absolute Gasteiger partial charge is 0.488 e. The topological polar surface area (TPSA) is 46.5 Å². The molecule has 1 aromatic rings. The fourth-order valence-electron chi connectivity index (χ4n) is 2.37. The molecule has 0 spiro atoms. The van der Waals surface area contributed by atoms with Gasteiger partial charge < -0.3 is 9.84 Å². The lowest BCUT2D eigenvalue weighted by atomic mass is 10.1. The number of halogens is 2. The third-order valence-electron chi connectivity index (χ3n) is 3.33. The number of hydrogen-bond acceptors (Lipinski definition) is 2. The monoisotopic (exact) mass is 302 g/mol. The van der Waals surface area contributed by atoms with E-state index < -0.39 is 5.97 Å². The van der Waals surface area contributed by atoms with E-state index in [2.05, 4.69) is 0 Å². The smallest absolute Gasteiger partial charge is 0.339 e. The van der Waals surface area contributed by atoms with Crippen LogP contribution in [-0.2, 0) is 0 Å². The molecule has 5 heteroatoms. The summed E-state index contributed by atoms with van der Waals surface area (Å²) in [4.78, 5) is 11.2. The van der Waals surface area contributed by atoms with Crippen LogP contribution in [-0.4, -0.2) is 17.2 Å². The molecule has 0 radical (unpaired) electrons. The zero-order valence-electron chi connectivity index (χ0n) is 10.5. The first kappa shape index (κ1) is 14.5. The van der Waals surface area contributed by atoms with Crippen LogP contribution in [0.1, 0.15) is 48.9 Å². The van der Waals surface area contributed by atoms with Crippen molar-refractivity contribution in [1.29, 1.82) is 0 Å². The molecule has 1 fully saturated rings. The van der Waals surface area contributed by atoms with Gasteiger partial charge in [-0.05, 0) is 37.8 Å². The van der Waals surface area contributed by atoms with Crippen molar-refractivity contribution in [3.8, 4) is 5.75 Å². The molecule has 0 atom stereocenters. The summed E-state index contributed by atoms with van der Waals surface area (Å²) in [5.74, 6) is -0.835. The van der Waals surface area contributed by atoms with Crippen molar-refractivity contribution in [3.05, 3.63) is 27.7 Å². The van der Waals surface area contributed by atoms with Crippen molar-refractivity contribution >= 4 is 29.2 Å². The highest BCUT2D eigenvalue weighted by Gasteiger charge is 2.21. The molecule has 1 aliphatic carbocycles. The highest BCUT2D eigenvalue weighted by atomic mass is 35.5. The average molecular weight is 303 g/mol. The van der Waals surface area contributed by atoms with Gasteiger partial charge in [0.25, 0.3) is 0 Å². The van der Waals surface area contributed by atoms with Gasteiger partial charge in [-0.1, -0.05) is 36.0 Å². The minimum absolute atomic E-state index is 0.0294. The number of carboxylic acid groups (broad SMARTS) is 1. The molecule has 0 bridgehead atoms. The van der Waals surface area contributed by atoms with Crippen molar-refractivity contribution in [1.82, 2.24) is 0 Å². The molecule has 1 aliphatic rings. The third-order valence-corrected chi connectivity index (χ3v) is 3.82. The summed E-state index contributed by atoms with van der Waals surface area (Å²) in [6.45, 7) is 0. The zero-order valence-corrected chi connectivity index (χ0v) is 12.0. The second-order valence-electron chi connectivity index (χ2n) is 4.80. The average Bonchev–Trinajstić information content (AvgIpc) is 2.60. The first-order chi connectivity index (χ1) is 9.08. The molecule has 0 unspecified atom stereocenters. The van der Waals surface area contributed by atoms with Crippen molar-refractivity contribution in [2.45, 2.75) is 44.6 Å². The van der Waals surface area contributed by atoms with Gasteiger partial charge in [0.2, 0.25) is 0 Å². The predicted molar refractivity (Wildman–Crippen MR) is 75.5 cm³/mol. The van der Waals surface area contributed by atoms with Gasteiger partial charge in [0.05, 0.1) is 11.1 Å². The van der Waals surface area contributed by atoms with Crippen molar-refractivity contribution in [3.63, 3.8) is 0 Å². The molecule has 19 heavy (non-hydrogen) atoms. The summed E-state index contributed by atoms with van der Waals surface area (Å²) < 4.78 is 5.84. The number of rotatable bonds is 3. The van der Waals surface area contributed by atoms with E-state index in [0.717, 1.165) is 25.7 Å². The van der Waals surface area contributed by atoms with Crippen LogP contribution in [0.25, 0.3) is 0 Å². The predicted octanol–water partition coefficient (Wildman–Crippen LogP) is 4.79. The van der Waals surface area contributed by atoms with Crippen LogP contribution in [0.2, 0.25) is 10.0 Å². The van der Waals surface area contributed by atoms with Gasteiger partial charge in [-0.25, -0.2) is 4.79 Å². The van der Waals surface area contributed by atoms with E-state index in [0.29, 0.717) is 5.02 Å². The van der Waals surface area contributed by atoms with Gasteiger partial charge in [0, 0.05) is 5.02 Å². The molecule has 3 nitrogen and oxygen atoms in total. The van der Waals surface area contributed by atoms with E-state index in [1.165, 1.54) is 25.0 Å². The van der Waals surface area contributed by atoms with Crippen LogP contribution in [0.4, 0.5) is 0 Å². The Labute approximate surface area is 122 Å². The first-order valence-corrected chi connectivity index (χ1v) is 7.22. The molecule has 0 aliphatic heterocycles. The molecule has 1 aromatic carbocycles. The van der Waals surface area contributed by atoms with Crippen molar-refractivity contribution < 1.29 is 14.6 Å².